The molecule has 188 valence electrons. The highest BCUT2D eigenvalue weighted by atomic mass is 35.5. The Morgan fingerprint density at radius 2 is 1.75 bits per heavy atom. The fraction of sp³-hybridized carbons (Fsp3) is 0.250. The van der Waals surface area contributed by atoms with Crippen LogP contribution in [0.5, 0.6) is 17.2 Å². The predicted octanol–water partition coefficient (Wildman–Crippen LogP) is 6.00. The van der Waals surface area contributed by atoms with E-state index < -0.39 is 11.9 Å². The lowest BCUT2D eigenvalue weighted by molar-refractivity contribution is -0.123. The highest BCUT2D eigenvalue weighted by Crippen LogP contribution is 2.29. The topological polar surface area (TPSA) is 86.2 Å². The van der Waals surface area contributed by atoms with E-state index in [1.807, 2.05) is 31.2 Å². The molecule has 8 heteroatoms. The zero-order valence-corrected chi connectivity index (χ0v) is 21.2. The van der Waals surface area contributed by atoms with Crippen molar-refractivity contribution >= 4 is 29.7 Å². The molecule has 1 unspecified atom stereocenters. The van der Waals surface area contributed by atoms with E-state index in [4.69, 9.17) is 25.8 Å². The number of hydrogen-bond donors (Lipinski definition) is 1. The van der Waals surface area contributed by atoms with Gasteiger partial charge in [0.25, 0.3) is 5.91 Å². The number of nitrogens with zero attached hydrogens (tertiary/aromatic N) is 1. The number of nitrogens with one attached hydrogen (secondary N) is 1. The third-order valence-electron chi connectivity index (χ3n) is 5.40. The number of amides is 1. The Labute approximate surface area is 216 Å². The summed E-state index contributed by atoms with van der Waals surface area (Å²) in [6.07, 6.45) is 2.52. The van der Waals surface area contributed by atoms with Crippen LogP contribution in [0.1, 0.15) is 54.6 Å². The number of hydrazone groups is 1. The van der Waals surface area contributed by atoms with Gasteiger partial charge in [-0.1, -0.05) is 49.7 Å². The van der Waals surface area contributed by atoms with E-state index in [-0.39, 0.29) is 17.9 Å². The first kappa shape index (κ1) is 26.8. The van der Waals surface area contributed by atoms with Gasteiger partial charge in [0.15, 0.2) is 18.1 Å². The molecule has 0 bridgehead atoms. The zero-order valence-electron chi connectivity index (χ0n) is 20.5. The predicted molar refractivity (Wildman–Crippen MR) is 140 cm³/mol. The van der Waals surface area contributed by atoms with Gasteiger partial charge in [0.1, 0.15) is 5.75 Å². The molecule has 0 radical (unpaired) electrons. The number of halogens is 1. The van der Waals surface area contributed by atoms with E-state index in [0.29, 0.717) is 34.6 Å². The molecule has 7 nitrogen and oxygen atoms in total. The zero-order chi connectivity index (χ0) is 25.9. The Bertz CT molecular complexity index is 1210. The van der Waals surface area contributed by atoms with Gasteiger partial charge in [-0.25, -0.2) is 10.2 Å². The molecule has 0 saturated carbocycles. The molecule has 1 amide bonds. The molecular formula is C28H29ClN2O5. The van der Waals surface area contributed by atoms with Crippen molar-refractivity contribution in [3.63, 3.8) is 0 Å². The van der Waals surface area contributed by atoms with Crippen molar-refractivity contribution in [3.05, 3.63) is 88.4 Å². The molecule has 0 aliphatic rings. The van der Waals surface area contributed by atoms with Gasteiger partial charge in [0.05, 0.1) is 23.4 Å². The Balaban J connectivity index is 1.56. The van der Waals surface area contributed by atoms with Crippen molar-refractivity contribution in [2.45, 2.75) is 33.1 Å². The summed E-state index contributed by atoms with van der Waals surface area (Å²) in [5.74, 6) is 0.707. The van der Waals surface area contributed by atoms with E-state index >= 15 is 0 Å². The van der Waals surface area contributed by atoms with Crippen molar-refractivity contribution in [1.29, 1.82) is 0 Å². The van der Waals surface area contributed by atoms with Crippen molar-refractivity contribution in [2.24, 2.45) is 5.10 Å². The normalized spacial score (nSPS) is 11.7. The van der Waals surface area contributed by atoms with Crippen LogP contribution in [-0.2, 0) is 4.79 Å². The monoisotopic (exact) mass is 508 g/mol. The maximum atomic E-state index is 12.5. The third kappa shape index (κ3) is 7.58. The van der Waals surface area contributed by atoms with Crippen LogP contribution in [0.2, 0.25) is 5.02 Å². The first-order valence-electron chi connectivity index (χ1n) is 11.7. The van der Waals surface area contributed by atoms with E-state index in [9.17, 15) is 9.59 Å². The van der Waals surface area contributed by atoms with Gasteiger partial charge >= 0.3 is 5.97 Å². The third-order valence-corrected chi connectivity index (χ3v) is 5.73. The summed E-state index contributed by atoms with van der Waals surface area (Å²) in [5.41, 5.74) is 4.55. The first-order chi connectivity index (χ1) is 17.4. The van der Waals surface area contributed by atoms with Crippen LogP contribution in [0.25, 0.3) is 0 Å². The molecule has 0 saturated heterocycles. The van der Waals surface area contributed by atoms with Crippen molar-refractivity contribution in [3.8, 4) is 17.2 Å². The van der Waals surface area contributed by atoms with Gasteiger partial charge in [-0.3, -0.25) is 4.79 Å². The first-order valence-corrected chi connectivity index (χ1v) is 12.1. The smallest absolute Gasteiger partial charge is 0.345 e. The fourth-order valence-electron chi connectivity index (χ4n) is 3.23. The van der Waals surface area contributed by atoms with Crippen molar-refractivity contribution in [2.75, 3.05) is 13.2 Å². The van der Waals surface area contributed by atoms with Crippen LogP contribution in [-0.4, -0.2) is 31.3 Å². The minimum atomic E-state index is -0.593. The van der Waals surface area contributed by atoms with Crippen LogP contribution in [0.15, 0.2) is 71.8 Å². The van der Waals surface area contributed by atoms with Crippen LogP contribution >= 0.6 is 11.6 Å². The Morgan fingerprint density at radius 1 is 1.00 bits per heavy atom. The summed E-state index contributed by atoms with van der Waals surface area (Å²) >= 11 is 6.08. The van der Waals surface area contributed by atoms with Gasteiger partial charge in [0.2, 0.25) is 0 Å². The molecule has 0 aliphatic carbocycles. The van der Waals surface area contributed by atoms with Gasteiger partial charge in [-0.2, -0.15) is 5.10 Å². The molecule has 0 aromatic heterocycles. The fourth-order valence-corrected chi connectivity index (χ4v) is 3.44. The van der Waals surface area contributed by atoms with Crippen molar-refractivity contribution in [1.82, 2.24) is 5.43 Å². The lowest BCUT2D eigenvalue weighted by Gasteiger charge is -2.12. The summed E-state index contributed by atoms with van der Waals surface area (Å²) in [5, 5.41) is 4.27. The molecule has 1 N–H and O–H groups in total. The summed E-state index contributed by atoms with van der Waals surface area (Å²) in [7, 11) is 0. The number of carbonyl (C=O) groups excluding carboxylic acids is 2. The summed E-state index contributed by atoms with van der Waals surface area (Å²) in [6, 6.07) is 19.3. The highest BCUT2D eigenvalue weighted by molar-refractivity contribution is 6.33. The van der Waals surface area contributed by atoms with Gasteiger partial charge in [-0.15, -0.1) is 0 Å². The van der Waals surface area contributed by atoms with Crippen LogP contribution in [0.4, 0.5) is 0 Å². The summed E-state index contributed by atoms with van der Waals surface area (Å²) in [6.45, 7) is 6.33. The number of carbonyl (C=O) groups is 2. The van der Waals surface area contributed by atoms with Crippen molar-refractivity contribution < 1.29 is 23.8 Å². The molecule has 0 fully saturated rings. The lowest BCUT2D eigenvalue weighted by Crippen LogP contribution is -2.24. The largest absolute Gasteiger partial charge is 0.490 e. The number of rotatable bonds is 11. The van der Waals surface area contributed by atoms with E-state index in [1.165, 1.54) is 11.8 Å². The molecule has 1 atom stereocenters. The number of esters is 1. The van der Waals surface area contributed by atoms with Crippen LogP contribution < -0.4 is 19.6 Å². The molecule has 3 rings (SSSR count). The van der Waals surface area contributed by atoms with Gasteiger partial charge in [0, 0.05) is 0 Å². The lowest BCUT2D eigenvalue weighted by atomic mass is 9.99. The second-order valence-corrected chi connectivity index (χ2v) is 8.38. The molecule has 0 spiro atoms. The highest BCUT2D eigenvalue weighted by Gasteiger charge is 2.15. The number of hydrogen-bond acceptors (Lipinski definition) is 6. The summed E-state index contributed by atoms with van der Waals surface area (Å²) in [4.78, 5) is 24.6. The maximum absolute atomic E-state index is 12.5. The second kappa shape index (κ2) is 13.3. The molecule has 0 heterocycles. The minimum absolute atomic E-state index is 0.166. The average molecular weight is 509 g/mol. The SMILES string of the molecule is CCOc1cc(C=NNC(=O)COc2ccc(C(C)CC)cc2)ccc1OC(=O)c1ccccc1Cl. The van der Waals surface area contributed by atoms with Gasteiger partial charge in [-0.05, 0) is 72.9 Å². The molecular weight excluding hydrogens is 480 g/mol. The maximum Gasteiger partial charge on any atom is 0.345 e. The average Bonchev–Trinajstić information content (AvgIpc) is 2.89. The standard InChI is InChI=1S/C28H29ClN2O5/c1-4-19(3)21-11-13-22(14-12-21)35-18-27(32)31-30-17-20-10-15-25(26(16-20)34-5-2)36-28(33)23-8-6-7-9-24(23)29/h6-17,19H,4-5,18H2,1-3H3,(H,31,32). The second-order valence-electron chi connectivity index (χ2n) is 7.97. The van der Waals surface area contributed by atoms with Gasteiger partial charge < -0.3 is 14.2 Å². The Hall–Kier alpha value is -3.84. The summed E-state index contributed by atoms with van der Waals surface area (Å²) < 4.78 is 16.6. The van der Waals surface area contributed by atoms with E-state index in [0.717, 1.165) is 6.42 Å². The van der Waals surface area contributed by atoms with Crippen LogP contribution in [0.3, 0.4) is 0 Å². The minimum Gasteiger partial charge on any atom is -0.490 e. The van der Waals surface area contributed by atoms with E-state index in [2.05, 4.69) is 24.4 Å². The number of ether oxygens (including phenoxy) is 3. The quantitative estimate of drug-likeness (QED) is 0.148. The Morgan fingerprint density at radius 3 is 2.44 bits per heavy atom. The molecule has 0 aliphatic heterocycles. The van der Waals surface area contributed by atoms with Crippen LogP contribution in [0, 0.1) is 0 Å². The number of benzene rings is 3. The molecule has 3 aromatic rings. The molecule has 3 aromatic carbocycles. The molecule has 36 heavy (non-hydrogen) atoms. The van der Waals surface area contributed by atoms with E-state index in [1.54, 1.807) is 42.5 Å². The Kier molecular flexibility index (Phi) is 9.89.